The third-order valence-electron chi connectivity index (χ3n) is 6.51. The van der Waals surface area contributed by atoms with E-state index in [1.807, 2.05) is 41.4 Å². The van der Waals surface area contributed by atoms with E-state index in [1.54, 1.807) is 10.9 Å². The maximum atomic E-state index is 13.2. The summed E-state index contributed by atoms with van der Waals surface area (Å²) in [5.74, 6) is 1.09. The first kappa shape index (κ1) is 17.0. The molecule has 1 amide bonds. The number of likely N-dealkylation sites (tertiary alicyclic amines) is 1. The molecule has 1 aromatic heterocycles. The molecule has 6 heteroatoms. The van der Waals surface area contributed by atoms with Gasteiger partial charge in [0.15, 0.2) is 0 Å². The third-order valence-corrected chi connectivity index (χ3v) is 6.51. The number of hydrogen-bond acceptors (Lipinski definition) is 4. The molecule has 2 bridgehead atoms. The molecule has 3 saturated heterocycles. The summed E-state index contributed by atoms with van der Waals surface area (Å²) in [6.07, 6.45) is 6.22. The predicted octanol–water partition coefficient (Wildman–Crippen LogP) is 2.05. The summed E-state index contributed by atoms with van der Waals surface area (Å²) in [4.78, 5) is 17.5. The normalized spacial score (nSPS) is 31.7. The molecule has 27 heavy (non-hydrogen) atoms. The summed E-state index contributed by atoms with van der Waals surface area (Å²) in [7, 11) is 4.24. The van der Waals surface area contributed by atoms with E-state index in [-0.39, 0.29) is 11.5 Å². The highest BCUT2D eigenvalue weighted by Gasteiger charge is 2.63. The van der Waals surface area contributed by atoms with Gasteiger partial charge in [-0.3, -0.25) is 4.79 Å². The Kier molecular flexibility index (Phi) is 3.88. The van der Waals surface area contributed by atoms with Gasteiger partial charge in [-0.25, -0.2) is 4.68 Å². The van der Waals surface area contributed by atoms with Crippen molar-refractivity contribution < 1.29 is 9.53 Å². The molecule has 1 spiro atoms. The van der Waals surface area contributed by atoms with Crippen molar-refractivity contribution in [3.63, 3.8) is 0 Å². The molecule has 0 radical (unpaired) electrons. The zero-order valence-electron chi connectivity index (χ0n) is 15.9. The van der Waals surface area contributed by atoms with Crippen molar-refractivity contribution in [1.29, 1.82) is 0 Å². The Morgan fingerprint density at radius 2 is 2.26 bits per heavy atom. The molecular formula is C21H26N4O2. The van der Waals surface area contributed by atoms with Crippen molar-refractivity contribution in [3.8, 4) is 5.69 Å². The van der Waals surface area contributed by atoms with E-state index in [2.05, 4.69) is 24.1 Å². The van der Waals surface area contributed by atoms with Crippen LogP contribution in [-0.2, 0) is 4.74 Å². The van der Waals surface area contributed by atoms with Crippen LogP contribution >= 0.6 is 0 Å². The number of benzene rings is 1. The monoisotopic (exact) mass is 366 g/mol. The van der Waals surface area contributed by atoms with Gasteiger partial charge in [-0.05, 0) is 51.2 Å². The standard InChI is InChI=1S/C21H26N4O2/c1-23(2)12-17-18-13-24(14-21(18)8-7-19(17)27-21)20(26)15-5-3-6-16(11-15)25-10-4-9-22-25/h3-6,9-11,17-19H,7-8,12-14H2,1-2H3/t17-,18+,19+,21+/m1/s1. The molecule has 6 nitrogen and oxygen atoms in total. The Labute approximate surface area is 159 Å². The van der Waals surface area contributed by atoms with E-state index in [1.165, 1.54) is 0 Å². The highest BCUT2D eigenvalue weighted by atomic mass is 16.5. The van der Waals surface area contributed by atoms with Crippen molar-refractivity contribution >= 4 is 5.91 Å². The summed E-state index contributed by atoms with van der Waals surface area (Å²) in [5, 5.41) is 4.27. The van der Waals surface area contributed by atoms with Gasteiger partial charge in [0.2, 0.25) is 0 Å². The van der Waals surface area contributed by atoms with Gasteiger partial charge < -0.3 is 14.5 Å². The number of carbonyl (C=O) groups is 1. The average molecular weight is 366 g/mol. The molecule has 142 valence electrons. The quantitative estimate of drug-likeness (QED) is 0.831. The van der Waals surface area contributed by atoms with Crippen LogP contribution in [0.1, 0.15) is 23.2 Å². The number of hydrogen-bond donors (Lipinski definition) is 0. The Hall–Kier alpha value is -2.18. The summed E-state index contributed by atoms with van der Waals surface area (Å²) in [6.45, 7) is 2.57. The summed E-state index contributed by atoms with van der Waals surface area (Å²) in [5.41, 5.74) is 1.52. The molecule has 0 N–H and O–H groups in total. The van der Waals surface area contributed by atoms with E-state index in [0.29, 0.717) is 17.9 Å². The lowest BCUT2D eigenvalue weighted by Crippen LogP contribution is -2.40. The fraction of sp³-hybridized carbons (Fsp3) is 0.524. The van der Waals surface area contributed by atoms with Crippen molar-refractivity contribution in [3.05, 3.63) is 48.3 Å². The number of rotatable bonds is 4. The molecule has 4 atom stereocenters. The molecular weight excluding hydrogens is 340 g/mol. The number of ether oxygens (including phenoxy) is 1. The SMILES string of the molecule is CN(C)C[C@H]1[C@@H]2CC[C@@]3(CN(C(=O)c4cccc(-n5cccn5)c4)C[C@@H]13)O2. The first-order valence-electron chi connectivity index (χ1n) is 9.78. The van der Waals surface area contributed by atoms with Gasteiger partial charge in [-0.2, -0.15) is 5.10 Å². The average Bonchev–Trinajstić information content (AvgIpc) is 3.43. The van der Waals surface area contributed by atoms with Crippen LogP contribution in [0.2, 0.25) is 0 Å². The summed E-state index contributed by atoms with van der Waals surface area (Å²) >= 11 is 0. The minimum absolute atomic E-state index is 0.100. The molecule has 3 aliphatic heterocycles. The zero-order valence-corrected chi connectivity index (χ0v) is 15.9. The third kappa shape index (κ3) is 2.70. The molecule has 3 fully saturated rings. The number of fused-ring (bicyclic) bond motifs is 1. The van der Waals surface area contributed by atoms with Gasteiger partial charge in [-0.1, -0.05) is 6.07 Å². The molecule has 4 heterocycles. The number of amides is 1. The largest absolute Gasteiger partial charge is 0.369 e. The van der Waals surface area contributed by atoms with E-state index in [9.17, 15) is 4.79 Å². The maximum absolute atomic E-state index is 13.2. The van der Waals surface area contributed by atoms with E-state index >= 15 is 0 Å². The molecule has 2 aromatic rings. The van der Waals surface area contributed by atoms with Gasteiger partial charge in [0.1, 0.15) is 0 Å². The van der Waals surface area contributed by atoms with Crippen molar-refractivity contribution in [2.75, 3.05) is 33.7 Å². The summed E-state index contributed by atoms with van der Waals surface area (Å²) < 4.78 is 8.25. The van der Waals surface area contributed by atoms with Crippen molar-refractivity contribution in [2.24, 2.45) is 11.8 Å². The van der Waals surface area contributed by atoms with Gasteiger partial charge in [0.05, 0.1) is 23.9 Å². The predicted molar refractivity (Wildman–Crippen MR) is 102 cm³/mol. The summed E-state index contributed by atoms with van der Waals surface area (Å²) in [6, 6.07) is 9.61. The van der Waals surface area contributed by atoms with Crippen LogP contribution in [-0.4, -0.2) is 70.9 Å². The molecule has 0 unspecified atom stereocenters. The fourth-order valence-electron chi connectivity index (χ4n) is 5.40. The molecule has 0 aliphatic carbocycles. The Balaban J connectivity index is 1.38. The fourth-order valence-corrected chi connectivity index (χ4v) is 5.40. The first-order chi connectivity index (χ1) is 13.1. The van der Waals surface area contributed by atoms with Crippen molar-refractivity contribution in [1.82, 2.24) is 19.6 Å². The minimum Gasteiger partial charge on any atom is -0.369 e. The molecule has 0 saturated carbocycles. The van der Waals surface area contributed by atoms with Gasteiger partial charge >= 0.3 is 0 Å². The minimum atomic E-state index is -0.111. The van der Waals surface area contributed by atoms with Crippen LogP contribution in [0.25, 0.3) is 5.69 Å². The van der Waals surface area contributed by atoms with Gasteiger partial charge in [0, 0.05) is 42.9 Å². The van der Waals surface area contributed by atoms with Crippen LogP contribution in [0.5, 0.6) is 0 Å². The zero-order chi connectivity index (χ0) is 18.6. The first-order valence-corrected chi connectivity index (χ1v) is 9.78. The molecule has 3 aliphatic rings. The van der Waals surface area contributed by atoms with Crippen LogP contribution in [0.3, 0.4) is 0 Å². The van der Waals surface area contributed by atoms with Gasteiger partial charge in [0.25, 0.3) is 5.91 Å². The lowest BCUT2D eigenvalue weighted by atomic mass is 9.73. The Bertz CT molecular complexity index is 850. The highest BCUT2D eigenvalue weighted by Crippen LogP contribution is 2.55. The molecule has 1 aromatic carbocycles. The smallest absolute Gasteiger partial charge is 0.254 e. The van der Waals surface area contributed by atoms with E-state index in [0.717, 1.165) is 43.7 Å². The lowest BCUT2D eigenvalue weighted by Gasteiger charge is -2.30. The Morgan fingerprint density at radius 1 is 1.37 bits per heavy atom. The second-order valence-corrected chi connectivity index (χ2v) is 8.48. The van der Waals surface area contributed by atoms with E-state index in [4.69, 9.17) is 4.74 Å². The second kappa shape index (κ2) is 6.17. The number of carbonyl (C=O) groups excluding carboxylic acids is 1. The van der Waals surface area contributed by atoms with Crippen LogP contribution in [0.15, 0.2) is 42.7 Å². The van der Waals surface area contributed by atoms with Gasteiger partial charge in [-0.15, -0.1) is 0 Å². The lowest BCUT2D eigenvalue weighted by molar-refractivity contribution is 0.00256. The number of aromatic nitrogens is 2. The highest BCUT2D eigenvalue weighted by molar-refractivity contribution is 5.95. The Morgan fingerprint density at radius 3 is 3.04 bits per heavy atom. The van der Waals surface area contributed by atoms with Crippen molar-refractivity contribution in [2.45, 2.75) is 24.5 Å². The van der Waals surface area contributed by atoms with E-state index < -0.39 is 0 Å². The topological polar surface area (TPSA) is 50.6 Å². The van der Waals surface area contributed by atoms with Crippen LogP contribution in [0, 0.1) is 11.8 Å². The second-order valence-electron chi connectivity index (χ2n) is 8.48. The molecule has 5 rings (SSSR count). The number of nitrogens with zero attached hydrogens (tertiary/aromatic N) is 4. The van der Waals surface area contributed by atoms with Crippen LogP contribution < -0.4 is 0 Å². The maximum Gasteiger partial charge on any atom is 0.254 e. The van der Waals surface area contributed by atoms with Crippen LogP contribution in [0.4, 0.5) is 0 Å².